The minimum Gasteiger partial charge on any atom is -0.395 e. The normalized spacial score (nSPS) is 17.4. The van der Waals surface area contributed by atoms with Gasteiger partial charge in [0.05, 0.1) is 24.7 Å². The number of benzene rings is 1. The van der Waals surface area contributed by atoms with Crippen LogP contribution < -0.4 is 16.0 Å². The van der Waals surface area contributed by atoms with Crippen LogP contribution in [0.4, 0.5) is 22.2 Å². The van der Waals surface area contributed by atoms with E-state index in [4.69, 9.17) is 10.6 Å². The van der Waals surface area contributed by atoms with E-state index in [0.717, 1.165) is 5.56 Å². The summed E-state index contributed by atoms with van der Waals surface area (Å²) in [6.45, 7) is 3.10. The van der Waals surface area contributed by atoms with Gasteiger partial charge in [-0.25, -0.2) is 14.8 Å². The molecule has 4 N–H and O–H groups in total. The Hall–Kier alpha value is -3.02. The molecule has 1 aliphatic rings. The number of aliphatic hydroxyl groups excluding tert-OH is 1. The van der Waals surface area contributed by atoms with Crippen molar-refractivity contribution in [1.29, 1.82) is 0 Å². The van der Waals surface area contributed by atoms with Gasteiger partial charge < -0.3 is 20.6 Å². The average molecular weight is 415 g/mol. The van der Waals surface area contributed by atoms with E-state index in [9.17, 15) is 9.90 Å². The zero-order valence-electron chi connectivity index (χ0n) is 15.8. The number of nitrogens with zero attached hydrogens (tertiary/aromatic N) is 5. The number of fused-ring (bicyclic) bond motifs is 1. The Balaban J connectivity index is 1.43. The van der Waals surface area contributed by atoms with Crippen LogP contribution in [-0.4, -0.2) is 63.5 Å². The molecule has 3 heterocycles. The van der Waals surface area contributed by atoms with E-state index in [0.29, 0.717) is 41.5 Å². The molecule has 10 nitrogen and oxygen atoms in total. The predicted octanol–water partition coefficient (Wildman–Crippen LogP) is 1.62. The number of carbonyl (C=O) groups excluding carboxylic acids is 1. The molecule has 0 radical (unpaired) electrons. The number of aromatic nitrogens is 3. The summed E-state index contributed by atoms with van der Waals surface area (Å²) in [7, 11) is 0. The van der Waals surface area contributed by atoms with Crippen molar-refractivity contribution in [2.24, 2.45) is 0 Å². The van der Waals surface area contributed by atoms with Crippen LogP contribution in [0.2, 0.25) is 0 Å². The molecule has 4 rings (SSSR count). The lowest BCUT2D eigenvalue weighted by Gasteiger charge is -2.39. The molecule has 1 amide bonds. The van der Waals surface area contributed by atoms with Gasteiger partial charge in [0.25, 0.3) is 0 Å². The maximum atomic E-state index is 12.2. The fourth-order valence-corrected chi connectivity index (χ4v) is 3.83. The SMILES string of the molecule is Cc1ccc(NC(=O)ON2CCN(c3nc(N)nc4scnc34)C[C@@H]2CO)cc1. The minimum atomic E-state index is -0.603. The highest BCUT2D eigenvalue weighted by atomic mass is 32.1. The maximum Gasteiger partial charge on any atom is 0.430 e. The van der Waals surface area contributed by atoms with Crippen molar-refractivity contribution in [3.63, 3.8) is 0 Å². The van der Waals surface area contributed by atoms with Crippen LogP contribution in [0, 0.1) is 6.92 Å². The zero-order chi connectivity index (χ0) is 20.4. The molecule has 0 bridgehead atoms. The van der Waals surface area contributed by atoms with Crippen molar-refractivity contribution in [3.05, 3.63) is 35.3 Å². The summed E-state index contributed by atoms with van der Waals surface area (Å²) in [4.78, 5) is 33.2. The molecule has 152 valence electrons. The number of hydrogen-bond donors (Lipinski definition) is 3. The lowest BCUT2D eigenvalue weighted by Crippen LogP contribution is -2.55. The van der Waals surface area contributed by atoms with Gasteiger partial charge in [0.15, 0.2) is 10.6 Å². The Labute approximate surface area is 170 Å². The molecule has 1 aliphatic heterocycles. The maximum absolute atomic E-state index is 12.2. The van der Waals surface area contributed by atoms with Crippen molar-refractivity contribution >= 4 is 45.2 Å². The van der Waals surface area contributed by atoms with Crippen LogP contribution in [0.15, 0.2) is 29.8 Å². The minimum absolute atomic E-state index is 0.174. The number of nitrogens with two attached hydrogens (primary N) is 1. The second kappa shape index (κ2) is 8.15. The van der Waals surface area contributed by atoms with Gasteiger partial charge in [-0.3, -0.25) is 5.32 Å². The number of amides is 1. The lowest BCUT2D eigenvalue weighted by atomic mass is 10.2. The summed E-state index contributed by atoms with van der Waals surface area (Å²) in [6.07, 6.45) is -0.603. The third kappa shape index (κ3) is 4.21. The number of hydrogen-bond acceptors (Lipinski definition) is 10. The fraction of sp³-hybridized carbons (Fsp3) is 0.333. The predicted molar refractivity (Wildman–Crippen MR) is 111 cm³/mol. The van der Waals surface area contributed by atoms with Gasteiger partial charge in [-0.05, 0) is 19.1 Å². The summed E-state index contributed by atoms with van der Waals surface area (Å²) >= 11 is 1.39. The lowest BCUT2D eigenvalue weighted by molar-refractivity contribution is -0.140. The number of nitrogen functional groups attached to an aromatic ring is 1. The first-order chi connectivity index (χ1) is 14.0. The Morgan fingerprint density at radius 3 is 2.90 bits per heavy atom. The van der Waals surface area contributed by atoms with E-state index in [1.807, 2.05) is 24.0 Å². The topological polar surface area (TPSA) is 130 Å². The van der Waals surface area contributed by atoms with E-state index >= 15 is 0 Å². The second-order valence-electron chi connectivity index (χ2n) is 6.70. The Morgan fingerprint density at radius 1 is 1.34 bits per heavy atom. The molecule has 0 unspecified atom stereocenters. The van der Waals surface area contributed by atoms with Crippen molar-refractivity contribution in [2.75, 3.05) is 42.2 Å². The average Bonchev–Trinajstić information content (AvgIpc) is 3.17. The number of anilines is 3. The van der Waals surface area contributed by atoms with E-state index < -0.39 is 12.1 Å². The number of carbonyl (C=O) groups is 1. The Kier molecular flexibility index (Phi) is 5.43. The molecule has 1 saturated heterocycles. The number of aryl methyl sites for hydroxylation is 1. The monoisotopic (exact) mass is 415 g/mol. The number of aliphatic hydroxyl groups is 1. The van der Waals surface area contributed by atoms with Gasteiger partial charge in [-0.15, -0.1) is 16.4 Å². The highest BCUT2D eigenvalue weighted by molar-refractivity contribution is 7.16. The molecule has 0 spiro atoms. The third-order valence-corrected chi connectivity index (χ3v) is 5.35. The number of rotatable bonds is 4. The quantitative estimate of drug-likeness (QED) is 0.582. The number of nitrogens with one attached hydrogen (secondary N) is 1. The largest absolute Gasteiger partial charge is 0.430 e. The first-order valence-corrected chi connectivity index (χ1v) is 9.96. The summed E-state index contributed by atoms with van der Waals surface area (Å²) in [6, 6.07) is 6.99. The Bertz CT molecular complexity index is 1010. The molecule has 3 aromatic rings. The zero-order valence-corrected chi connectivity index (χ0v) is 16.6. The second-order valence-corrected chi connectivity index (χ2v) is 7.54. The number of hydroxylamine groups is 2. The van der Waals surface area contributed by atoms with Crippen molar-refractivity contribution < 1.29 is 14.7 Å². The van der Waals surface area contributed by atoms with Crippen molar-refractivity contribution in [2.45, 2.75) is 13.0 Å². The van der Waals surface area contributed by atoms with Crippen LogP contribution in [0.25, 0.3) is 10.3 Å². The smallest absolute Gasteiger partial charge is 0.395 e. The van der Waals surface area contributed by atoms with Gasteiger partial charge in [-0.2, -0.15) is 4.98 Å². The van der Waals surface area contributed by atoms with E-state index in [2.05, 4.69) is 20.3 Å². The van der Waals surface area contributed by atoms with E-state index in [-0.39, 0.29) is 12.6 Å². The van der Waals surface area contributed by atoms with Gasteiger partial charge >= 0.3 is 6.09 Å². The highest BCUT2D eigenvalue weighted by Gasteiger charge is 2.31. The third-order valence-electron chi connectivity index (χ3n) is 4.63. The highest BCUT2D eigenvalue weighted by Crippen LogP contribution is 2.28. The molecule has 1 atom stereocenters. The first-order valence-electron chi connectivity index (χ1n) is 9.08. The first kappa shape index (κ1) is 19.3. The molecule has 11 heteroatoms. The van der Waals surface area contributed by atoms with Gasteiger partial charge in [0.2, 0.25) is 5.95 Å². The van der Waals surface area contributed by atoms with Crippen LogP contribution in [0.1, 0.15) is 5.56 Å². The molecule has 0 saturated carbocycles. The van der Waals surface area contributed by atoms with Crippen LogP contribution in [-0.2, 0) is 4.84 Å². The summed E-state index contributed by atoms with van der Waals surface area (Å²) in [5.41, 5.74) is 9.93. The molecular formula is C18H21N7O3S. The number of thiazole rings is 1. The van der Waals surface area contributed by atoms with Gasteiger partial charge in [-0.1, -0.05) is 17.7 Å². The van der Waals surface area contributed by atoms with Crippen molar-refractivity contribution in [3.8, 4) is 0 Å². The molecule has 1 fully saturated rings. The molecule has 2 aromatic heterocycles. The van der Waals surface area contributed by atoms with E-state index in [1.54, 1.807) is 17.6 Å². The van der Waals surface area contributed by atoms with Crippen LogP contribution in [0.5, 0.6) is 0 Å². The molecule has 0 aliphatic carbocycles. The fourth-order valence-electron chi connectivity index (χ4n) is 3.17. The number of piperazine rings is 1. The van der Waals surface area contributed by atoms with Crippen LogP contribution in [0.3, 0.4) is 0 Å². The van der Waals surface area contributed by atoms with E-state index in [1.165, 1.54) is 16.4 Å². The van der Waals surface area contributed by atoms with Crippen molar-refractivity contribution in [1.82, 2.24) is 20.0 Å². The summed E-state index contributed by atoms with van der Waals surface area (Å²) < 4.78 is 0. The standard InChI is InChI=1S/C18H21N7O3S/c1-11-2-4-12(5-3-11)21-18(27)28-25-7-6-24(8-13(25)9-26)15-14-16(29-10-20-14)23-17(19)22-15/h2-5,10,13,26H,6-9H2,1H3,(H,21,27)(H2,19,22,23)/t13-/m1/s1. The molecule has 29 heavy (non-hydrogen) atoms. The van der Waals surface area contributed by atoms with Gasteiger partial charge in [0.1, 0.15) is 5.52 Å². The molecule has 1 aromatic carbocycles. The van der Waals surface area contributed by atoms with Gasteiger partial charge in [0, 0.05) is 18.8 Å². The summed E-state index contributed by atoms with van der Waals surface area (Å²) in [5.74, 6) is 0.796. The molecular weight excluding hydrogens is 394 g/mol. The van der Waals surface area contributed by atoms with Crippen LogP contribution >= 0.6 is 11.3 Å². The summed E-state index contributed by atoms with van der Waals surface area (Å²) in [5, 5.41) is 14.0. The Morgan fingerprint density at radius 2 is 2.14 bits per heavy atom.